The first-order chi connectivity index (χ1) is 12.5. The molecule has 26 heavy (non-hydrogen) atoms. The van der Waals surface area contributed by atoms with Crippen molar-refractivity contribution in [2.75, 3.05) is 0 Å². The second-order valence-electron chi connectivity index (χ2n) is 6.70. The Bertz CT molecular complexity index is 891. The van der Waals surface area contributed by atoms with Crippen molar-refractivity contribution in [1.82, 2.24) is 9.55 Å². The molecule has 0 aliphatic rings. The van der Waals surface area contributed by atoms with Gasteiger partial charge in [-0.05, 0) is 65.9 Å². The summed E-state index contributed by atoms with van der Waals surface area (Å²) in [6.07, 6.45) is 3.66. The van der Waals surface area contributed by atoms with Crippen LogP contribution in [0.3, 0.4) is 0 Å². The predicted molar refractivity (Wildman–Crippen MR) is 108 cm³/mol. The molecule has 0 fully saturated rings. The molecule has 1 N–H and O–H groups in total. The maximum Gasteiger partial charge on any atom is 0.0836 e. The van der Waals surface area contributed by atoms with Crippen molar-refractivity contribution in [2.45, 2.75) is 49.8 Å². The number of aryl methyl sites for hydroxylation is 1. The van der Waals surface area contributed by atoms with Crippen LogP contribution < -0.4 is 0 Å². The molecule has 3 nitrogen and oxygen atoms in total. The summed E-state index contributed by atoms with van der Waals surface area (Å²) in [6.45, 7) is 7.37. The zero-order valence-corrected chi connectivity index (χ0v) is 16.8. The number of benzene rings is 1. The summed E-state index contributed by atoms with van der Waals surface area (Å²) in [6, 6.07) is 12.1. The maximum atomic E-state index is 9.47. The topological polar surface area (TPSA) is 38.0 Å². The van der Waals surface area contributed by atoms with Gasteiger partial charge in [-0.25, -0.2) is 0 Å². The lowest BCUT2D eigenvalue weighted by Crippen LogP contribution is -2.04. The van der Waals surface area contributed by atoms with Gasteiger partial charge in [0, 0.05) is 34.6 Å². The number of pyridine rings is 1. The van der Waals surface area contributed by atoms with Crippen molar-refractivity contribution in [1.29, 1.82) is 0 Å². The Kier molecular flexibility index (Phi) is 6.07. The van der Waals surface area contributed by atoms with Gasteiger partial charge in [-0.15, -0.1) is 0 Å². The first-order valence-corrected chi connectivity index (χ1v) is 9.84. The van der Waals surface area contributed by atoms with Crippen LogP contribution in [0, 0.1) is 6.92 Å². The first kappa shape index (κ1) is 19.0. The van der Waals surface area contributed by atoms with E-state index in [1.54, 1.807) is 17.8 Å². The second-order valence-corrected chi connectivity index (χ2v) is 8.20. The minimum atomic E-state index is -0.0117. The van der Waals surface area contributed by atoms with E-state index in [9.17, 15) is 5.11 Å². The Balaban J connectivity index is 2.02. The lowest BCUT2D eigenvalue weighted by molar-refractivity contribution is 0.281. The van der Waals surface area contributed by atoms with Crippen LogP contribution in [0.5, 0.6) is 0 Å². The number of rotatable bonds is 6. The molecular weight excluding hydrogens is 364 g/mol. The average Bonchev–Trinajstić information content (AvgIpc) is 2.92. The third-order valence-electron chi connectivity index (χ3n) is 4.32. The van der Waals surface area contributed by atoms with Crippen LogP contribution in [-0.2, 0) is 13.2 Å². The van der Waals surface area contributed by atoms with E-state index in [1.165, 1.54) is 21.8 Å². The van der Waals surface area contributed by atoms with Crippen LogP contribution in [-0.4, -0.2) is 14.7 Å². The second kappa shape index (κ2) is 8.30. The van der Waals surface area contributed by atoms with Gasteiger partial charge in [0.15, 0.2) is 0 Å². The van der Waals surface area contributed by atoms with Crippen molar-refractivity contribution in [2.24, 2.45) is 0 Å². The molecule has 2 heterocycles. The monoisotopic (exact) mass is 386 g/mol. The minimum absolute atomic E-state index is 0.0117. The molecule has 136 valence electrons. The molecule has 0 spiro atoms. The van der Waals surface area contributed by atoms with Crippen molar-refractivity contribution >= 4 is 23.4 Å². The van der Waals surface area contributed by atoms with Crippen molar-refractivity contribution in [3.8, 4) is 0 Å². The van der Waals surface area contributed by atoms with Gasteiger partial charge in [0.1, 0.15) is 0 Å². The van der Waals surface area contributed by atoms with Crippen LogP contribution in [0.15, 0.2) is 58.7 Å². The molecule has 0 saturated carbocycles. The van der Waals surface area contributed by atoms with Gasteiger partial charge in [-0.2, -0.15) is 0 Å². The summed E-state index contributed by atoms with van der Waals surface area (Å²) < 4.78 is 2.34. The zero-order valence-electron chi connectivity index (χ0n) is 15.2. The average molecular weight is 387 g/mol. The fraction of sp³-hybridized carbons (Fsp3) is 0.286. The van der Waals surface area contributed by atoms with Crippen LogP contribution in [0.2, 0.25) is 5.02 Å². The molecule has 3 aromatic rings. The molecule has 0 bridgehead atoms. The molecule has 5 heteroatoms. The zero-order chi connectivity index (χ0) is 18.7. The lowest BCUT2D eigenvalue weighted by Gasteiger charge is -2.15. The van der Waals surface area contributed by atoms with Crippen LogP contribution in [0.25, 0.3) is 0 Å². The third kappa shape index (κ3) is 4.32. The number of hydrogen-bond donors (Lipinski definition) is 1. The van der Waals surface area contributed by atoms with Crippen molar-refractivity contribution in [3.63, 3.8) is 0 Å². The van der Waals surface area contributed by atoms with Gasteiger partial charge >= 0.3 is 0 Å². The van der Waals surface area contributed by atoms with Gasteiger partial charge in [0.25, 0.3) is 0 Å². The molecule has 1 aromatic carbocycles. The summed E-state index contributed by atoms with van der Waals surface area (Å²) in [4.78, 5) is 5.15. The standard InChI is InChI=1S/C21H23ClN2OS/c1-14(2)20-8-15(3)24(12-16-4-6-23-7-5-16)21(20)26-19-10-17(13-25)9-18(22)11-19/h4-11,14,25H,12-13H2,1-3H3. The highest BCUT2D eigenvalue weighted by molar-refractivity contribution is 7.99. The van der Waals surface area contributed by atoms with E-state index in [-0.39, 0.29) is 6.61 Å². The summed E-state index contributed by atoms with van der Waals surface area (Å²) in [5.74, 6) is 0.423. The van der Waals surface area contributed by atoms with Crippen LogP contribution in [0.1, 0.15) is 42.1 Å². The molecule has 0 aliphatic carbocycles. The van der Waals surface area contributed by atoms with E-state index in [4.69, 9.17) is 11.6 Å². The van der Waals surface area contributed by atoms with E-state index in [0.717, 1.165) is 17.0 Å². The van der Waals surface area contributed by atoms with E-state index >= 15 is 0 Å². The number of hydrogen-bond acceptors (Lipinski definition) is 3. The number of nitrogens with zero attached hydrogens (tertiary/aromatic N) is 2. The number of aliphatic hydroxyl groups is 1. The maximum absolute atomic E-state index is 9.47. The summed E-state index contributed by atoms with van der Waals surface area (Å²) in [5.41, 5.74) is 4.61. The Morgan fingerprint density at radius 2 is 1.85 bits per heavy atom. The van der Waals surface area contributed by atoms with E-state index in [2.05, 4.69) is 36.4 Å². The number of halogens is 1. The molecule has 3 rings (SSSR count). The molecule has 0 saturated heterocycles. The molecule has 0 aliphatic heterocycles. The minimum Gasteiger partial charge on any atom is -0.392 e. The summed E-state index contributed by atoms with van der Waals surface area (Å²) >= 11 is 7.94. The predicted octanol–water partition coefficient (Wildman–Crippen LogP) is 5.66. The molecule has 0 atom stereocenters. The van der Waals surface area contributed by atoms with Gasteiger partial charge in [-0.3, -0.25) is 4.98 Å². The Morgan fingerprint density at radius 1 is 1.12 bits per heavy atom. The Hall–Kier alpha value is -1.75. The van der Waals surface area contributed by atoms with Crippen molar-refractivity contribution < 1.29 is 5.11 Å². The smallest absolute Gasteiger partial charge is 0.0836 e. The van der Waals surface area contributed by atoms with Crippen LogP contribution >= 0.6 is 23.4 Å². The fourth-order valence-corrected chi connectivity index (χ4v) is 4.63. The highest BCUT2D eigenvalue weighted by Gasteiger charge is 2.17. The summed E-state index contributed by atoms with van der Waals surface area (Å²) in [7, 11) is 0. The van der Waals surface area contributed by atoms with Gasteiger partial charge in [0.2, 0.25) is 0 Å². The highest BCUT2D eigenvalue weighted by Crippen LogP contribution is 2.38. The molecular formula is C21H23ClN2OS. The van der Waals surface area contributed by atoms with Crippen LogP contribution in [0.4, 0.5) is 0 Å². The van der Waals surface area contributed by atoms with Gasteiger partial charge in [-0.1, -0.05) is 37.2 Å². The number of aliphatic hydroxyl groups excluding tert-OH is 1. The van der Waals surface area contributed by atoms with E-state index in [1.807, 2.05) is 36.7 Å². The molecule has 0 amide bonds. The molecule has 0 unspecified atom stereocenters. The SMILES string of the molecule is Cc1cc(C(C)C)c(Sc2cc(Cl)cc(CO)c2)n1Cc1ccncc1. The van der Waals surface area contributed by atoms with E-state index < -0.39 is 0 Å². The fourth-order valence-electron chi connectivity index (χ4n) is 2.96. The molecule has 0 radical (unpaired) electrons. The highest BCUT2D eigenvalue weighted by atomic mass is 35.5. The third-order valence-corrected chi connectivity index (χ3v) is 5.66. The normalized spacial score (nSPS) is 11.3. The number of aromatic nitrogens is 2. The van der Waals surface area contributed by atoms with Crippen molar-refractivity contribution in [3.05, 3.63) is 76.2 Å². The van der Waals surface area contributed by atoms with Gasteiger partial charge in [0.05, 0.1) is 11.6 Å². The first-order valence-electron chi connectivity index (χ1n) is 8.65. The Morgan fingerprint density at radius 3 is 2.50 bits per heavy atom. The van der Waals surface area contributed by atoms with E-state index in [0.29, 0.717) is 10.9 Å². The Labute approximate surface area is 164 Å². The largest absolute Gasteiger partial charge is 0.392 e. The van der Waals surface area contributed by atoms with Gasteiger partial charge < -0.3 is 9.67 Å². The quantitative estimate of drug-likeness (QED) is 0.593. The molecule has 2 aromatic heterocycles. The lowest BCUT2D eigenvalue weighted by atomic mass is 10.1. The summed E-state index contributed by atoms with van der Waals surface area (Å²) in [5, 5.41) is 11.3.